The Morgan fingerprint density at radius 3 is 2.50 bits per heavy atom. The van der Waals surface area contributed by atoms with E-state index >= 15 is 0 Å². The van der Waals surface area contributed by atoms with Gasteiger partial charge in [-0.05, 0) is 43.6 Å². The molecule has 0 unspecified atom stereocenters. The molecule has 0 radical (unpaired) electrons. The number of nitrogens with zero attached hydrogens (tertiary/aromatic N) is 1. The van der Waals surface area contributed by atoms with Crippen LogP contribution in [-0.4, -0.2) is 23.9 Å². The summed E-state index contributed by atoms with van der Waals surface area (Å²) < 4.78 is 0. The Kier molecular flexibility index (Phi) is 4.58. The SMILES string of the molecule is NNC(=O)C1CCN(Cc2ccc(Cl)cc2)CC1. The highest BCUT2D eigenvalue weighted by Crippen LogP contribution is 2.19. The van der Waals surface area contributed by atoms with Gasteiger partial charge in [0.15, 0.2) is 0 Å². The first kappa shape index (κ1) is 13.3. The number of hydrogen-bond acceptors (Lipinski definition) is 3. The number of halogens is 1. The van der Waals surface area contributed by atoms with Crippen LogP contribution in [-0.2, 0) is 11.3 Å². The minimum absolute atomic E-state index is 0.0406. The molecule has 0 bridgehead atoms. The highest BCUT2D eigenvalue weighted by atomic mass is 35.5. The van der Waals surface area contributed by atoms with Crippen molar-refractivity contribution in [1.29, 1.82) is 0 Å². The molecule has 1 aliphatic heterocycles. The smallest absolute Gasteiger partial charge is 0.237 e. The van der Waals surface area contributed by atoms with Gasteiger partial charge in [-0.3, -0.25) is 15.1 Å². The molecule has 18 heavy (non-hydrogen) atoms. The second-order valence-corrected chi connectivity index (χ2v) is 5.12. The summed E-state index contributed by atoms with van der Waals surface area (Å²) in [6.07, 6.45) is 1.74. The van der Waals surface area contributed by atoms with Gasteiger partial charge in [-0.25, -0.2) is 5.84 Å². The number of hydrogen-bond donors (Lipinski definition) is 2. The van der Waals surface area contributed by atoms with E-state index in [0.717, 1.165) is 37.5 Å². The van der Waals surface area contributed by atoms with Crippen LogP contribution in [0.15, 0.2) is 24.3 Å². The Balaban J connectivity index is 1.83. The first-order valence-corrected chi connectivity index (χ1v) is 6.54. The summed E-state index contributed by atoms with van der Waals surface area (Å²) in [6, 6.07) is 7.90. The van der Waals surface area contributed by atoms with Gasteiger partial charge in [0, 0.05) is 17.5 Å². The Morgan fingerprint density at radius 2 is 1.94 bits per heavy atom. The van der Waals surface area contributed by atoms with Gasteiger partial charge in [0.25, 0.3) is 0 Å². The summed E-state index contributed by atoms with van der Waals surface area (Å²) in [5.41, 5.74) is 3.48. The van der Waals surface area contributed by atoms with Gasteiger partial charge in [0.2, 0.25) is 5.91 Å². The van der Waals surface area contributed by atoms with E-state index in [9.17, 15) is 4.79 Å². The molecule has 1 fully saturated rings. The first-order chi connectivity index (χ1) is 8.69. The van der Waals surface area contributed by atoms with Crippen molar-refractivity contribution in [3.63, 3.8) is 0 Å². The molecule has 0 aromatic heterocycles. The van der Waals surface area contributed by atoms with Crippen molar-refractivity contribution in [2.45, 2.75) is 19.4 Å². The van der Waals surface area contributed by atoms with Crippen molar-refractivity contribution in [3.8, 4) is 0 Å². The fraction of sp³-hybridized carbons (Fsp3) is 0.462. The molecule has 3 N–H and O–H groups in total. The Morgan fingerprint density at radius 1 is 1.33 bits per heavy atom. The zero-order valence-corrected chi connectivity index (χ0v) is 11.0. The highest BCUT2D eigenvalue weighted by molar-refractivity contribution is 6.30. The number of piperidine rings is 1. The van der Waals surface area contributed by atoms with E-state index in [1.807, 2.05) is 24.3 Å². The molecule has 1 aromatic carbocycles. The second kappa shape index (κ2) is 6.18. The number of carbonyl (C=O) groups is 1. The average Bonchev–Trinajstić information content (AvgIpc) is 2.41. The average molecular weight is 268 g/mol. The molecule has 0 atom stereocenters. The van der Waals surface area contributed by atoms with Gasteiger partial charge in [-0.15, -0.1) is 0 Å². The number of likely N-dealkylation sites (tertiary alicyclic amines) is 1. The van der Waals surface area contributed by atoms with Crippen molar-refractivity contribution >= 4 is 17.5 Å². The molecule has 98 valence electrons. The lowest BCUT2D eigenvalue weighted by Crippen LogP contribution is -2.42. The van der Waals surface area contributed by atoms with Crippen molar-refractivity contribution in [1.82, 2.24) is 10.3 Å². The monoisotopic (exact) mass is 267 g/mol. The Bertz CT molecular complexity index is 399. The molecule has 1 aromatic rings. The van der Waals surface area contributed by atoms with Crippen molar-refractivity contribution in [2.24, 2.45) is 11.8 Å². The molecular formula is C13H18ClN3O. The Labute approximate surface area is 112 Å². The van der Waals surface area contributed by atoms with E-state index in [2.05, 4.69) is 10.3 Å². The van der Waals surface area contributed by atoms with E-state index < -0.39 is 0 Å². The molecule has 1 heterocycles. The lowest BCUT2D eigenvalue weighted by molar-refractivity contribution is -0.126. The van der Waals surface area contributed by atoms with Crippen LogP contribution in [0.2, 0.25) is 5.02 Å². The van der Waals surface area contributed by atoms with Crippen LogP contribution < -0.4 is 11.3 Å². The van der Waals surface area contributed by atoms with Crippen LogP contribution in [0.25, 0.3) is 0 Å². The van der Waals surface area contributed by atoms with Crippen LogP contribution >= 0.6 is 11.6 Å². The molecule has 0 aliphatic carbocycles. The molecule has 4 nitrogen and oxygen atoms in total. The van der Waals surface area contributed by atoms with Gasteiger partial charge in [-0.2, -0.15) is 0 Å². The number of nitrogens with two attached hydrogens (primary N) is 1. The predicted octanol–water partition coefficient (Wildman–Crippen LogP) is 1.54. The molecule has 1 amide bonds. The fourth-order valence-electron chi connectivity index (χ4n) is 2.32. The quantitative estimate of drug-likeness (QED) is 0.496. The maximum absolute atomic E-state index is 11.4. The Hall–Kier alpha value is -1.10. The maximum Gasteiger partial charge on any atom is 0.237 e. The highest BCUT2D eigenvalue weighted by Gasteiger charge is 2.24. The van der Waals surface area contributed by atoms with Gasteiger partial charge >= 0.3 is 0 Å². The summed E-state index contributed by atoms with van der Waals surface area (Å²) >= 11 is 5.85. The van der Waals surface area contributed by atoms with E-state index in [0.29, 0.717) is 0 Å². The van der Waals surface area contributed by atoms with Crippen LogP contribution in [0.5, 0.6) is 0 Å². The van der Waals surface area contributed by atoms with Crippen LogP contribution in [0.4, 0.5) is 0 Å². The second-order valence-electron chi connectivity index (χ2n) is 4.69. The lowest BCUT2D eigenvalue weighted by atomic mass is 9.96. The lowest BCUT2D eigenvalue weighted by Gasteiger charge is -2.30. The molecule has 1 saturated heterocycles. The van der Waals surface area contributed by atoms with E-state index in [1.165, 1.54) is 5.56 Å². The predicted molar refractivity (Wildman–Crippen MR) is 71.8 cm³/mol. The number of benzene rings is 1. The number of amides is 1. The standard InChI is InChI=1S/C13H18ClN3O/c14-12-3-1-10(2-4-12)9-17-7-5-11(6-8-17)13(18)16-15/h1-4,11H,5-9,15H2,(H,16,18). The van der Waals surface area contributed by atoms with Crippen LogP contribution in [0.3, 0.4) is 0 Å². The van der Waals surface area contributed by atoms with E-state index in [4.69, 9.17) is 17.4 Å². The number of carbonyl (C=O) groups excluding carboxylic acids is 1. The summed E-state index contributed by atoms with van der Waals surface area (Å²) in [5, 5.41) is 0.761. The van der Waals surface area contributed by atoms with Crippen molar-refractivity contribution in [3.05, 3.63) is 34.9 Å². The van der Waals surface area contributed by atoms with E-state index in [-0.39, 0.29) is 11.8 Å². The summed E-state index contributed by atoms with van der Waals surface area (Å²) in [5.74, 6) is 5.18. The zero-order valence-electron chi connectivity index (χ0n) is 10.2. The van der Waals surface area contributed by atoms with Gasteiger partial charge in [0.1, 0.15) is 0 Å². The molecule has 2 rings (SSSR count). The number of hydrazine groups is 1. The topological polar surface area (TPSA) is 58.4 Å². The maximum atomic E-state index is 11.4. The summed E-state index contributed by atoms with van der Waals surface area (Å²) in [4.78, 5) is 13.8. The number of rotatable bonds is 3. The molecular weight excluding hydrogens is 250 g/mol. The van der Waals surface area contributed by atoms with Crippen LogP contribution in [0, 0.1) is 5.92 Å². The minimum atomic E-state index is -0.0406. The third kappa shape index (κ3) is 3.45. The zero-order chi connectivity index (χ0) is 13.0. The summed E-state index contributed by atoms with van der Waals surface area (Å²) in [7, 11) is 0. The third-order valence-corrected chi connectivity index (χ3v) is 3.67. The van der Waals surface area contributed by atoms with E-state index in [1.54, 1.807) is 0 Å². The normalized spacial score (nSPS) is 17.7. The van der Waals surface area contributed by atoms with Crippen LogP contribution in [0.1, 0.15) is 18.4 Å². The van der Waals surface area contributed by atoms with Gasteiger partial charge in [-0.1, -0.05) is 23.7 Å². The van der Waals surface area contributed by atoms with Crippen molar-refractivity contribution < 1.29 is 4.79 Å². The first-order valence-electron chi connectivity index (χ1n) is 6.16. The molecule has 5 heteroatoms. The molecule has 0 saturated carbocycles. The van der Waals surface area contributed by atoms with Gasteiger partial charge < -0.3 is 0 Å². The third-order valence-electron chi connectivity index (χ3n) is 3.42. The minimum Gasteiger partial charge on any atom is -0.299 e. The fourth-order valence-corrected chi connectivity index (χ4v) is 2.45. The van der Waals surface area contributed by atoms with Gasteiger partial charge in [0.05, 0.1) is 0 Å². The summed E-state index contributed by atoms with van der Waals surface area (Å²) in [6.45, 7) is 2.77. The van der Waals surface area contributed by atoms with Crippen molar-refractivity contribution in [2.75, 3.05) is 13.1 Å². The number of nitrogens with one attached hydrogen (secondary N) is 1. The molecule has 1 aliphatic rings. The molecule has 0 spiro atoms. The largest absolute Gasteiger partial charge is 0.299 e.